The van der Waals surface area contributed by atoms with Crippen molar-refractivity contribution in [3.8, 4) is 16.9 Å². The van der Waals surface area contributed by atoms with Gasteiger partial charge in [0.15, 0.2) is 0 Å². The highest BCUT2D eigenvalue weighted by atomic mass is 35.5. The van der Waals surface area contributed by atoms with Gasteiger partial charge in [-0.25, -0.2) is 0 Å². The number of aromatic nitrogens is 2. The van der Waals surface area contributed by atoms with Gasteiger partial charge >= 0.3 is 5.97 Å². The molecule has 3 aromatic carbocycles. The van der Waals surface area contributed by atoms with Crippen LogP contribution in [0.25, 0.3) is 22.0 Å². The summed E-state index contributed by atoms with van der Waals surface area (Å²) in [6, 6.07) is 19.4. The lowest BCUT2D eigenvalue weighted by Gasteiger charge is -2.14. The van der Waals surface area contributed by atoms with Gasteiger partial charge in [-0.2, -0.15) is 5.10 Å². The van der Waals surface area contributed by atoms with E-state index in [9.17, 15) is 4.79 Å². The third-order valence-electron chi connectivity index (χ3n) is 4.73. The van der Waals surface area contributed by atoms with Crippen molar-refractivity contribution in [2.45, 2.75) is 19.4 Å². The number of nitrogens with one attached hydrogen (secondary N) is 1. The fraction of sp³-hybridized carbons (Fsp3) is 0.130. The molecule has 0 aliphatic heterocycles. The van der Waals surface area contributed by atoms with E-state index in [2.05, 4.69) is 10.2 Å². The van der Waals surface area contributed by atoms with Gasteiger partial charge in [-0.15, -0.1) is 0 Å². The number of aromatic amines is 1. The molecule has 0 spiro atoms. The van der Waals surface area contributed by atoms with Gasteiger partial charge in [-0.1, -0.05) is 35.9 Å². The van der Waals surface area contributed by atoms with Crippen LogP contribution >= 0.6 is 11.6 Å². The third-order valence-corrected chi connectivity index (χ3v) is 4.98. The summed E-state index contributed by atoms with van der Waals surface area (Å²) in [5.41, 5.74) is 4.83. The minimum atomic E-state index is -0.811. The molecule has 146 valence electrons. The first-order chi connectivity index (χ1) is 14.1. The van der Waals surface area contributed by atoms with Gasteiger partial charge in [0, 0.05) is 22.4 Å². The number of hydrogen-bond donors (Lipinski definition) is 2. The van der Waals surface area contributed by atoms with Crippen molar-refractivity contribution in [3.05, 3.63) is 83.0 Å². The summed E-state index contributed by atoms with van der Waals surface area (Å²) in [5, 5.41) is 17.7. The Morgan fingerprint density at radius 2 is 1.83 bits per heavy atom. The zero-order valence-electron chi connectivity index (χ0n) is 15.6. The Morgan fingerprint density at radius 3 is 2.62 bits per heavy atom. The van der Waals surface area contributed by atoms with Crippen molar-refractivity contribution in [1.29, 1.82) is 0 Å². The van der Waals surface area contributed by atoms with E-state index in [-0.39, 0.29) is 6.42 Å². The third kappa shape index (κ3) is 4.58. The van der Waals surface area contributed by atoms with Crippen LogP contribution in [0.15, 0.2) is 66.9 Å². The summed E-state index contributed by atoms with van der Waals surface area (Å²) in [6.07, 6.45) is 2.33. The van der Waals surface area contributed by atoms with E-state index in [4.69, 9.17) is 21.4 Å². The highest BCUT2D eigenvalue weighted by Crippen LogP contribution is 2.33. The predicted molar refractivity (Wildman–Crippen MR) is 113 cm³/mol. The first-order valence-corrected chi connectivity index (χ1v) is 9.62. The molecule has 0 atom stereocenters. The van der Waals surface area contributed by atoms with Crippen LogP contribution in [-0.4, -0.2) is 21.3 Å². The quantitative estimate of drug-likeness (QED) is 0.426. The number of hydrogen-bond acceptors (Lipinski definition) is 3. The van der Waals surface area contributed by atoms with Gasteiger partial charge in [0.1, 0.15) is 12.4 Å². The molecule has 29 heavy (non-hydrogen) atoms. The smallest absolute Gasteiger partial charge is 0.303 e. The van der Waals surface area contributed by atoms with Crippen molar-refractivity contribution < 1.29 is 14.6 Å². The Kier molecular flexibility index (Phi) is 5.49. The van der Waals surface area contributed by atoms with Crippen LogP contribution in [-0.2, 0) is 17.8 Å². The van der Waals surface area contributed by atoms with E-state index in [1.807, 2.05) is 60.7 Å². The predicted octanol–water partition coefficient (Wildman–Crippen LogP) is 5.48. The van der Waals surface area contributed by atoms with Crippen LogP contribution in [0.4, 0.5) is 0 Å². The second kappa shape index (κ2) is 8.37. The van der Waals surface area contributed by atoms with Crippen molar-refractivity contribution >= 4 is 28.5 Å². The van der Waals surface area contributed by atoms with Crippen molar-refractivity contribution in [2.75, 3.05) is 0 Å². The van der Waals surface area contributed by atoms with Crippen molar-refractivity contribution in [2.24, 2.45) is 0 Å². The number of H-pyrrole nitrogens is 1. The van der Waals surface area contributed by atoms with Crippen LogP contribution in [0.1, 0.15) is 17.5 Å². The molecule has 1 heterocycles. The first-order valence-electron chi connectivity index (χ1n) is 9.24. The summed E-state index contributed by atoms with van der Waals surface area (Å²) in [6.45, 7) is 0.409. The fourth-order valence-electron chi connectivity index (χ4n) is 3.19. The number of fused-ring (bicyclic) bond motifs is 1. The molecule has 0 aliphatic rings. The highest BCUT2D eigenvalue weighted by Gasteiger charge is 2.11. The SMILES string of the molecule is O=C(O)CCc1ccc(OCc2ccc(Cl)cc2)c(-c2ccc3[nH]ncc3c2)c1. The summed E-state index contributed by atoms with van der Waals surface area (Å²) >= 11 is 5.95. The van der Waals surface area contributed by atoms with E-state index in [1.165, 1.54) is 0 Å². The number of benzene rings is 3. The number of carboxylic acid groups (broad SMARTS) is 1. The number of carbonyl (C=O) groups is 1. The molecule has 0 radical (unpaired) electrons. The number of halogens is 1. The molecule has 0 bridgehead atoms. The zero-order valence-corrected chi connectivity index (χ0v) is 16.3. The molecule has 0 amide bonds. The van der Waals surface area contributed by atoms with Gasteiger partial charge in [-0.05, 0) is 59.5 Å². The standard InChI is InChI=1S/C23H19ClN2O3/c24-19-6-1-16(2-7-19)14-29-22-9-3-15(4-10-23(27)28)11-20(22)17-5-8-21-18(12-17)13-25-26-21/h1-3,5-9,11-13H,4,10,14H2,(H,25,26)(H,27,28). The molecule has 6 heteroatoms. The monoisotopic (exact) mass is 406 g/mol. The van der Waals surface area contributed by atoms with Crippen molar-refractivity contribution in [1.82, 2.24) is 10.2 Å². The first kappa shape index (κ1) is 19.0. The fourth-order valence-corrected chi connectivity index (χ4v) is 3.31. The van der Waals surface area contributed by atoms with Crippen LogP contribution in [0.3, 0.4) is 0 Å². The Hall–Kier alpha value is -3.31. The topological polar surface area (TPSA) is 75.2 Å². The zero-order chi connectivity index (χ0) is 20.2. The molecular weight excluding hydrogens is 388 g/mol. The Balaban J connectivity index is 1.66. The molecule has 1 aromatic heterocycles. The van der Waals surface area contributed by atoms with Crippen LogP contribution in [0.2, 0.25) is 5.02 Å². The maximum Gasteiger partial charge on any atom is 0.303 e. The summed E-state index contributed by atoms with van der Waals surface area (Å²) in [7, 11) is 0. The highest BCUT2D eigenvalue weighted by molar-refractivity contribution is 6.30. The summed E-state index contributed by atoms with van der Waals surface area (Å²) in [5.74, 6) is -0.0729. The molecule has 5 nitrogen and oxygen atoms in total. The summed E-state index contributed by atoms with van der Waals surface area (Å²) in [4.78, 5) is 11.0. The Labute approximate surface area is 172 Å². The maximum absolute atomic E-state index is 11.0. The van der Waals surface area contributed by atoms with Gasteiger partial charge in [0.05, 0.1) is 11.7 Å². The number of aliphatic carboxylic acids is 1. The van der Waals surface area contributed by atoms with Crippen LogP contribution in [0, 0.1) is 0 Å². The van der Waals surface area contributed by atoms with E-state index < -0.39 is 5.97 Å². The normalized spacial score (nSPS) is 10.9. The molecule has 0 fully saturated rings. The minimum absolute atomic E-state index is 0.0885. The molecule has 0 unspecified atom stereocenters. The Morgan fingerprint density at radius 1 is 1.03 bits per heavy atom. The lowest BCUT2D eigenvalue weighted by molar-refractivity contribution is -0.136. The van der Waals surface area contributed by atoms with Gasteiger partial charge in [-0.3, -0.25) is 9.89 Å². The molecule has 0 saturated carbocycles. The molecule has 4 aromatic rings. The van der Waals surface area contributed by atoms with Crippen molar-refractivity contribution in [3.63, 3.8) is 0 Å². The number of rotatable bonds is 7. The average molecular weight is 407 g/mol. The van der Waals surface area contributed by atoms with Crippen LogP contribution < -0.4 is 4.74 Å². The number of nitrogens with zero attached hydrogens (tertiary/aromatic N) is 1. The lowest BCUT2D eigenvalue weighted by Crippen LogP contribution is -2.00. The van der Waals surface area contributed by atoms with Gasteiger partial charge in [0.2, 0.25) is 0 Å². The summed E-state index contributed by atoms with van der Waals surface area (Å²) < 4.78 is 6.11. The number of ether oxygens (including phenoxy) is 1. The molecule has 2 N–H and O–H groups in total. The van der Waals surface area contributed by atoms with Gasteiger partial charge in [0.25, 0.3) is 0 Å². The second-order valence-corrected chi connectivity index (χ2v) is 7.25. The molecule has 0 aliphatic carbocycles. The van der Waals surface area contributed by atoms with Gasteiger partial charge < -0.3 is 9.84 Å². The average Bonchev–Trinajstić information content (AvgIpc) is 3.20. The Bertz CT molecular complexity index is 1150. The minimum Gasteiger partial charge on any atom is -0.488 e. The van der Waals surface area contributed by atoms with E-state index in [0.717, 1.165) is 38.9 Å². The number of carboxylic acids is 1. The molecule has 4 rings (SSSR count). The maximum atomic E-state index is 11.0. The van der Waals surface area contributed by atoms with E-state index in [0.29, 0.717) is 18.1 Å². The lowest BCUT2D eigenvalue weighted by atomic mass is 9.99. The largest absolute Gasteiger partial charge is 0.488 e. The molecule has 0 saturated heterocycles. The molecular formula is C23H19ClN2O3. The number of aryl methyl sites for hydroxylation is 1. The van der Waals surface area contributed by atoms with E-state index >= 15 is 0 Å². The van der Waals surface area contributed by atoms with Crippen LogP contribution in [0.5, 0.6) is 5.75 Å². The van der Waals surface area contributed by atoms with E-state index in [1.54, 1.807) is 6.20 Å². The second-order valence-electron chi connectivity index (χ2n) is 6.81.